The van der Waals surface area contributed by atoms with E-state index in [4.69, 9.17) is 4.74 Å². The van der Waals surface area contributed by atoms with Crippen molar-refractivity contribution < 1.29 is 9.53 Å². The molecule has 2 aromatic rings. The Morgan fingerprint density at radius 1 is 1.27 bits per heavy atom. The van der Waals surface area contributed by atoms with E-state index >= 15 is 0 Å². The largest absolute Gasteiger partial charge is 0.441 e. The zero-order chi connectivity index (χ0) is 18.0. The van der Waals surface area contributed by atoms with Gasteiger partial charge in [-0.1, -0.05) is 37.3 Å². The standard InChI is InChI=1S/C20H26N4O2/c1-16(17-5-3-2-4-6-17)13-24-15-20(26-19(24)25)7-11-23(12-8-20)14-18-21-9-10-22-18/h2-6,9-10,16H,7-8,11-15H2,1H3,(H,21,22)/t16-/m1/s1. The van der Waals surface area contributed by atoms with E-state index in [0.29, 0.717) is 19.0 Å². The Morgan fingerprint density at radius 2 is 2.04 bits per heavy atom. The predicted molar refractivity (Wildman–Crippen MR) is 98.7 cm³/mol. The predicted octanol–water partition coefficient (Wildman–Crippen LogP) is 3.00. The Morgan fingerprint density at radius 3 is 2.73 bits per heavy atom. The van der Waals surface area contributed by atoms with Gasteiger partial charge in [0, 0.05) is 44.9 Å². The Kier molecular flexibility index (Phi) is 4.68. The van der Waals surface area contributed by atoms with Crippen molar-refractivity contribution in [3.05, 3.63) is 54.1 Å². The van der Waals surface area contributed by atoms with Gasteiger partial charge in [-0.3, -0.25) is 4.90 Å². The van der Waals surface area contributed by atoms with E-state index in [1.54, 1.807) is 6.20 Å². The number of aromatic nitrogens is 2. The summed E-state index contributed by atoms with van der Waals surface area (Å²) in [6.07, 6.45) is 5.24. The molecule has 2 aliphatic heterocycles. The average Bonchev–Trinajstić information content (AvgIpc) is 3.26. The van der Waals surface area contributed by atoms with Gasteiger partial charge in [0.2, 0.25) is 0 Å². The molecule has 0 radical (unpaired) electrons. The maximum absolute atomic E-state index is 12.4. The minimum absolute atomic E-state index is 0.160. The molecule has 4 rings (SSSR count). The van der Waals surface area contributed by atoms with Crippen LogP contribution in [0.5, 0.6) is 0 Å². The first-order valence-corrected chi connectivity index (χ1v) is 9.37. The third kappa shape index (κ3) is 3.60. The number of rotatable bonds is 5. The van der Waals surface area contributed by atoms with Crippen molar-refractivity contribution in [2.45, 2.75) is 37.8 Å². The van der Waals surface area contributed by atoms with Gasteiger partial charge >= 0.3 is 6.09 Å². The van der Waals surface area contributed by atoms with Crippen LogP contribution in [0.25, 0.3) is 0 Å². The Hall–Kier alpha value is -2.34. The van der Waals surface area contributed by atoms with Gasteiger partial charge in [0.15, 0.2) is 0 Å². The van der Waals surface area contributed by atoms with Crippen molar-refractivity contribution in [1.29, 1.82) is 0 Å². The minimum atomic E-state index is -0.312. The number of carbonyl (C=O) groups excluding carboxylic acids is 1. The molecule has 1 atom stereocenters. The monoisotopic (exact) mass is 354 g/mol. The molecule has 0 bridgehead atoms. The molecule has 2 fully saturated rings. The van der Waals surface area contributed by atoms with E-state index < -0.39 is 0 Å². The second-order valence-electron chi connectivity index (χ2n) is 7.56. The highest BCUT2D eigenvalue weighted by atomic mass is 16.6. The summed E-state index contributed by atoms with van der Waals surface area (Å²) in [6, 6.07) is 10.4. The van der Waals surface area contributed by atoms with Gasteiger partial charge in [-0.25, -0.2) is 9.78 Å². The topological polar surface area (TPSA) is 61.5 Å². The van der Waals surface area contributed by atoms with E-state index in [2.05, 4.69) is 33.9 Å². The fraction of sp³-hybridized carbons (Fsp3) is 0.500. The van der Waals surface area contributed by atoms with Crippen LogP contribution in [0.2, 0.25) is 0 Å². The maximum atomic E-state index is 12.4. The highest BCUT2D eigenvalue weighted by Gasteiger charge is 2.47. The summed E-state index contributed by atoms with van der Waals surface area (Å²) in [5.41, 5.74) is 0.946. The summed E-state index contributed by atoms with van der Waals surface area (Å²) >= 11 is 0. The first kappa shape index (κ1) is 17.1. The summed E-state index contributed by atoms with van der Waals surface area (Å²) in [6.45, 7) is 6.26. The first-order valence-electron chi connectivity index (χ1n) is 9.37. The Labute approximate surface area is 154 Å². The summed E-state index contributed by atoms with van der Waals surface area (Å²) in [4.78, 5) is 24.1. The summed E-state index contributed by atoms with van der Waals surface area (Å²) in [5, 5.41) is 0. The van der Waals surface area contributed by atoms with Crippen LogP contribution in [0, 0.1) is 0 Å². The lowest BCUT2D eigenvalue weighted by atomic mass is 9.91. The van der Waals surface area contributed by atoms with Crippen LogP contribution in [0.1, 0.15) is 37.1 Å². The van der Waals surface area contributed by atoms with Crippen molar-refractivity contribution in [3.8, 4) is 0 Å². The van der Waals surface area contributed by atoms with E-state index in [1.165, 1.54) is 5.56 Å². The van der Waals surface area contributed by atoms with Crippen LogP contribution in [0.4, 0.5) is 4.79 Å². The number of ether oxygens (including phenoxy) is 1. The molecule has 26 heavy (non-hydrogen) atoms. The smallest absolute Gasteiger partial charge is 0.410 e. The lowest BCUT2D eigenvalue weighted by Gasteiger charge is -2.37. The second-order valence-corrected chi connectivity index (χ2v) is 7.56. The van der Waals surface area contributed by atoms with Crippen LogP contribution < -0.4 is 0 Å². The molecule has 2 saturated heterocycles. The molecule has 1 aromatic carbocycles. The first-order chi connectivity index (χ1) is 12.6. The second kappa shape index (κ2) is 7.11. The number of benzene rings is 1. The molecule has 1 aromatic heterocycles. The average molecular weight is 354 g/mol. The highest BCUT2D eigenvalue weighted by Crippen LogP contribution is 2.34. The van der Waals surface area contributed by atoms with Crippen molar-refractivity contribution in [1.82, 2.24) is 19.8 Å². The number of carbonyl (C=O) groups is 1. The molecule has 6 heteroatoms. The third-order valence-corrected chi connectivity index (χ3v) is 5.60. The molecule has 1 amide bonds. The van der Waals surface area contributed by atoms with Gasteiger partial charge < -0.3 is 14.6 Å². The van der Waals surface area contributed by atoms with Crippen molar-refractivity contribution >= 4 is 6.09 Å². The molecule has 6 nitrogen and oxygen atoms in total. The van der Waals surface area contributed by atoms with Crippen molar-refractivity contribution in [3.63, 3.8) is 0 Å². The van der Waals surface area contributed by atoms with Gasteiger partial charge in [-0.2, -0.15) is 0 Å². The number of amides is 1. The number of aromatic amines is 1. The quantitative estimate of drug-likeness (QED) is 0.897. The normalized spacial score (nSPS) is 21.1. The van der Waals surface area contributed by atoms with Crippen LogP contribution in [-0.2, 0) is 11.3 Å². The summed E-state index contributed by atoms with van der Waals surface area (Å²) in [7, 11) is 0. The fourth-order valence-corrected chi connectivity index (χ4v) is 4.03. The van der Waals surface area contributed by atoms with Crippen LogP contribution in [-0.4, -0.2) is 57.6 Å². The van der Waals surface area contributed by atoms with Gasteiger partial charge in [0.05, 0.1) is 13.1 Å². The Bertz CT molecular complexity index is 724. The zero-order valence-corrected chi connectivity index (χ0v) is 15.2. The molecule has 2 aliphatic rings. The lowest BCUT2D eigenvalue weighted by molar-refractivity contribution is -0.00175. The van der Waals surface area contributed by atoms with Crippen molar-refractivity contribution in [2.75, 3.05) is 26.2 Å². The zero-order valence-electron chi connectivity index (χ0n) is 15.2. The number of hydrogen-bond acceptors (Lipinski definition) is 4. The Balaban J connectivity index is 1.33. The number of piperidine rings is 1. The third-order valence-electron chi connectivity index (χ3n) is 5.60. The minimum Gasteiger partial charge on any atom is -0.441 e. The van der Waals surface area contributed by atoms with Gasteiger partial charge in [-0.15, -0.1) is 0 Å². The molecule has 0 saturated carbocycles. The SMILES string of the molecule is C[C@H](CN1CC2(CCN(Cc3ncc[nH]3)CC2)OC1=O)c1ccccc1. The van der Waals surface area contributed by atoms with Gasteiger partial charge in [0.1, 0.15) is 11.4 Å². The summed E-state index contributed by atoms with van der Waals surface area (Å²) in [5.74, 6) is 1.29. The number of likely N-dealkylation sites (tertiary alicyclic amines) is 1. The van der Waals surface area contributed by atoms with E-state index in [9.17, 15) is 4.79 Å². The number of imidazole rings is 1. The lowest BCUT2D eigenvalue weighted by Crippen LogP contribution is -2.46. The molecular formula is C20H26N4O2. The van der Waals surface area contributed by atoms with Crippen LogP contribution >= 0.6 is 0 Å². The van der Waals surface area contributed by atoms with Crippen molar-refractivity contribution in [2.24, 2.45) is 0 Å². The van der Waals surface area contributed by atoms with Crippen LogP contribution in [0.15, 0.2) is 42.7 Å². The van der Waals surface area contributed by atoms with E-state index in [0.717, 1.165) is 38.3 Å². The highest BCUT2D eigenvalue weighted by molar-refractivity contribution is 5.70. The molecule has 0 unspecified atom stereocenters. The molecule has 1 spiro atoms. The van der Waals surface area contributed by atoms with E-state index in [1.807, 2.05) is 29.3 Å². The molecule has 1 N–H and O–H groups in total. The number of H-pyrrole nitrogens is 1. The molecular weight excluding hydrogens is 328 g/mol. The number of nitrogens with zero attached hydrogens (tertiary/aromatic N) is 3. The number of nitrogens with one attached hydrogen (secondary N) is 1. The summed E-state index contributed by atoms with van der Waals surface area (Å²) < 4.78 is 5.86. The molecule has 138 valence electrons. The van der Waals surface area contributed by atoms with Gasteiger partial charge in [0.25, 0.3) is 0 Å². The molecule has 3 heterocycles. The van der Waals surface area contributed by atoms with E-state index in [-0.39, 0.29) is 11.7 Å². The van der Waals surface area contributed by atoms with Crippen LogP contribution in [0.3, 0.4) is 0 Å². The fourth-order valence-electron chi connectivity index (χ4n) is 4.03. The number of hydrogen-bond donors (Lipinski definition) is 1. The molecule has 0 aliphatic carbocycles. The van der Waals surface area contributed by atoms with Gasteiger partial charge in [-0.05, 0) is 11.5 Å². The maximum Gasteiger partial charge on any atom is 0.410 e.